The van der Waals surface area contributed by atoms with E-state index in [9.17, 15) is 0 Å². The highest BCUT2D eigenvalue weighted by molar-refractivity contribution is 5.77. The highest BCUT2D eigenvalue weighted by Gasteiger charge is 2.42. The minimum absolute atomic E-state index is 0.00464. The van der Waals surface area contributed by atoms with Gasteiger partial charge in [-0.2, -0.15) is 0 Å². The topological polar surface area (TPSA) is 15.3 Å². The molecule has 5 aliphatic carbocycles. The van der Waals surface area contributed by atoms with Gasteiger partial charge in [-0.3, -0.25) is 0 Å². The third-order valence-electron chi connectivity index (χ3n) is 18.0. The SMILES string of the molecule is C=C(C)C1=CCC=CC=C1.C=C/C(=C\C)c1cccc(Nc2ccc3c(c2)C(C)(C)c2ccccc2C3)c1.CC.CC1(C)Cc2ccccc2-c2ccccc21.C[C@H]1C(c2ccccc2)CC2=C(C1c1ccccc1)N(C)C1=CC=CCC=C1C2. The van der Waals surface area contributed by atoms with E-state index in [2.05, 4.69) is 296 Å². The molecule has 0 saturated carbocycles. The molecule has 13 rings (SSSR count). The fourth-order valence-corrected chi connectivity index (χ4v) is 13.7. The van der Waals surface area contributed by atoms with E-state index < -0.39 is 0 Å². The summed E-state index contributed by atoms with van der Waals surface area (Å²) in [5.74, 6) is 1.53. The number of hydrogen-bond acceptors (Lipinski definition) is 2. The Kier molecular flexibility index (Phi) is 20.1. The van der Waals surface area contributed by atoms with Crippen LogP contribution in [0.4, 0.5) is 11.4 Å². The van der Waals surface area contributed by atoms with E-state index in [1.165, 1.54) is 83.7 Å². The lowest BCUT2D eigenvalue weighted by molar-refractivity contribution is 0.309. The molecule has 85 heavy (non-hydrogen) atoms. The van der Waals surface area contributed by atoms with Crippen molar-refractivity contribution in [3.63, 3.8) is 0 Å². The summed E-state index contributed by atoms with van der Waals surface area (Å²) in [4.78, 5) is 2.50. The molecule has 7 aromatic carbocycles. The van der Waals surface area contributed by atoms with Crippen molar-refractivity contribution >= 4 is 16.9 Å². The molecule has 0 radical (unpaired) electrons. The maximum Gasteiger partial charge on any atom is 0.0438 e. The van der Waals surface area contributed by atoms with Crippen LogP contribution in [0.3, 0.4) is 0 Å². The van der Waals surface area contributed by atoms with Crippen LogP contribution in [0.5, 0.6) is 0 Å². The van der Waals surface area contributed by atoms with Gasteiger partial charge >= 0.3 is 0 Å². The number of nitrogens with one attached hydrogen (secondary N) is 1. The molecule has 2 nitrogen and oxygen atoms in total. The van der Waals surface area contributed by atoms with Crippen LogP contribution in [0, 0.1) is 5.92 Å². The number of nitrogens with zero attached hydrogens (tertiary/aromatic N) is 1. The molecule has 1 heterocycles. The maximum atomic E-state index is 3.92. The minimum Gasteiger partial charge on any atom is -0.356 e. The number of anilines is 2. The second-order valence-electron chi connectivity index (χ2n) is 24.3. The highest BCUT2D eigenvalue weighted by Crippen LogP contribution is 2.54. The number of rotatable bonds is 7. The van der Waals surface area contributed by atoms with Gasteiger partial charge < -0.3 is 10.2 Å². The van der Waals surface area contributed by atoms with Crippen molar-refractivity contribution in [1.29, 1.82) is 0 Å². The Bertz CT molecular complexity index is 3750. The summed E-state index contributed by atoms with van der Waals surface area (Å²) in [6.07, 6.45) is 30.2. The van der Waals surface area contributed by atoms with E-state index in [0.717, 1.165) is 61.0 Å². The van der Waals surface area contributed by atoms with Crippen LogP contribution in [0.15, 0.2) is 290 Å². The van der Waals surface area contributed by atoms with E-state index in [-0.39, 0.29) is 10.8 Å². The fraction of sp³-hybridized carbons (Fsp3) is 0.253. The Morgan fingerprint density at radius 2 is 1.25 bits per heavy atom. The van der Waals surface area contributed by atoms with Crippen molar-refractivity contribution in [2.24, 2.45) is 5.92 Å². The van der Waals surface area contributed by atoms with Crippen molar-refractivity contribution in [2.75, 3.05) is 12.4 Å². The number of benzene rings is 7. The first-order valence-electron chi connectivity index (χ1n) is 31.1. The standard InChI is InChI=1S/C28H29N.C27H27N.C16H16.C10H12.C2H6/c1-20-25(21-12-6-3-7-13-21)19-24-18-23-16-10-5-11-17-26(23)29(2)28(24)27(20)22-14-8-4-9-15-22;1-5-19(6-2)20-11-9-12-23(17-20)28-24-15-14-22-16-21-10-7-8-13-25(21)27(3,4)26(22)18-24;1-16(2)11-12-7-3-4-8-13(12)14-9-5-6-10-15(14)16;1-9(2)10-7-5-3-4-6-8-10;1-2/h3-9,11-17,20,25,27H,10,18-19H2,1-2H3;5-15,17-18,28H,1,16H2,2-4H3;3-10H,11H2,1-2H3;3-5,7-8H,1,6H2,2H3;1-2H3/b;19-6+;;;/t20-,25?,27?;;;;/m0..../s1. The summed E-state index contributed by atoms with van der Waals surface area (Å²) in [6, 6.07) is 64.0. The molecule has 0 bridgehead atoms. The first-order chi connectivity index (χ1) is 41.2. The van der Waals surface area contributed by atoms with E-state index >= 15 is 0 Å². The molecule has 0 saturated heterocycles. The fourth-order valence-electron chi connectivity index (χ4n) is 13.7. The molecule has 1 aliphatic heterocycles. The molecule has 0 amide bonds. The van der Waals surface area contributed by atoms with Crippen LogP contribution in [0.25, 0.3) is 16.7 Å². The van der Waals surface area contributed by atoms with Gasteiger partial charge in [0.1, 0.15) is 0 Å². The van der Waals surface area contributed by atoms with Gasteiger partial charge in [0.25, 0.3) is 0 Å². The van der Waals surface area contributed by atoms with Crippen LogP contribution in [0.2, 0.25) is 0 Å². The van der Waals surface area contributed by atoms with Gasteiger partial charge in [-0.15, -0.1) is 0 Å². The van der Waals surface area contributed by atoms with Crippen LogP contribution >= 0.6 is 0 Å². The van der Waals surface area contributed by atoms with Gasteiger partial charge in [-0.1, -0.05) is 280 Å². The number of allylic oxidation sites excluding steroid dienone is 17. The molecule has 6 aliphatic rings. The molecule has 2 unspecified atom stereocenters. The van der Waals surface area contributed by atoms with E-state index in [0.29, 0.717) is 17.8 Å². The molecule has 432 valence electrons. The lowest BCUT2D eigenvalue weighted by Crippen LogP contribution is -2.36. The molecular weight excluding hydrogens is 1020 g/mol. The molecule has 0 fully saturated rings. The summed E-state index contributed by atoms with van der Waals surface area (Å²) in [7, 11) is 2.28. The van der Waals surface area contributed by atoms with Crippen molar-refractivity contribution < 1.29 is 0 Å². The zero-order chi connectivity index (χ0) is 60.1. The van der Waals surface area contributed by atoms with Gasteiger partial charge in [-0.05, 0) is 183 Å². The van der Waals surface area contributed by atoms with Gasteiger partial charge in [0.2, 0.25) is 0 Å². The van der Waals surface area contributed by atoms with Crippen molar-refractivity contribution in [2.45, 2.75) is 124 Å². The monoisotopic (exact) mass is 1110 g/mol. The molecule has 3 atom stereocenters. The molecule has 0 aromatic heterocycles. The Morgan fingerprint density at radius 1 is 0.624 bits per heavy atom. The van der Waals surface area contributed by atoms with Gasteiger partial charge in [0.05, 0.1) is 0 Å². The first kappa shape index (κ1) is 61.1. The molecular formula is C83H90N2. The van der Waals surface area contributed by atoms with Gasteiger partial charge in [-0.25, -0.2) is 0 Å². The molecule has 7 aromatic rings. The smallest absolute Gasteiger partial charge is 0.0438 e. The number of hydrogen-bond donors (Lipinski definition) is 1. The third kappa shape index (κ3) is 13.9. The maximum absolute atomic E-state index is 3.92. The Balaban J connectivity index is 0.000000143. The third-order valence-corrected chi connectivity index (χ3v) is 18.0. The van der Waals surface area contributed by atoms with Crippen molar-refractivity contribution in [3.8, 4) is 11.1 Å². The zero-order valence-corrected chi connectivity index (χ0v) is 52.4. The molecule has 2 heteroatoms. The summed E-state index contributed by atoms with van der Waals surface area (Å²) in [6.45, 7) is 27.6. The van der Waals surface area contributed by atoms with Crippen molar-refractivity contribution in [3.05, 3.63) is 340 Å². The van der Waals surface area contributed by atoms with Gasteiger partial charge in [0, 0.05) is 41.1 Å². The van der Waals surface area contributed by atoms with E-state index in [1.54, 1.807) is 5.57 Å². The zero-order valence-electron chi connectivity index (χ0n) is 52.4. The highest BCUT2D eigenvalue weighted by atomic mass is 15.1. The molecule has 0 spiro atoms. The lowest BCUT2D eigenvalue weighted by atomic mass is 9.65. The van der Waals surface area contributed by atoms with Crippen LogP contribution in [0.1, 0.15) is 150 Å². The predicted octanol–water partition coefficient (Wildman–Crippen LogP) is 22.4. The summed E-state index contributed by atoms with van der Waals surface area (Å²) < 4.78 is 0. The lowest BCUT2D eigenvalue weighted by Gasteiger charge is -2.47. The Hall–Kier alpha value is -8.46. The van der Waals surface area contributed by atoms with E-state index in [1.807, 2.05) is 39.8 Å². The van der Waals surface area contributed by atoms with Crippen molar-refractivity contribution in [1.82, 2.24) is 4.90 Å². The van der Waals surface area contributed by atoms with Gasteiger partial charge in [0.15, 0.2) is 0 Å². The second-order valence-corrected chi connectivity index (χ2v) is 24.3. The average Bonchev–Trinajstić information content (AvgIpc) is 1.47. The largest absolute Gasteiger partial charge is 0.356 e. The first-order valence-corrected chi connectivity index (χ1v) is 31.1. The summed E-state index contributed by atoms with van der Waals surface area (Å²) >= 11 is 0. The quantitative estimate of drug-likeness (QED) is 0.160. The average molecular weight is 1120 g/mol. The Labute approximate surface area is 511 Å². The summed E-state index contributed by atoms with van der Waals surface area (Å²) in [5, 5.41) is 3.60. The van der Waals surface area contributed by atoms with Crippen LogP contribution < -0.4 is 5.32 Å². The van der Waals surface area contributed by atoms with E-state index in [4.69, 9.17) is 0 Å². The predicted molar refractivity (Wildman–Crippen MR) is 369 cm³/mol. The van der Waals surface area contributed by atoms with Crippen LogP contribution in [-0.2, 0) is 23.7 Å². The van der Waals surface area contributed by atoms with Crippen LogP contribution in [-0.4, -0.2) is 11.9 Å². The molecule has 1 N–H and O–H groups in total. The number of fused-ring (bicyclic) bond motifs is 6. The summed E-state index contributed by atoms with van der Waals surface area (Å²) in [5.41, 5.74) is 27.6. The number of likely N-dealkylation sites (N-methyl/N-ethyl adjacent to an activating group) is 1. The minimum atomic E-state index is 0.00464. The Morgan fingerprint density at radius 3 is 1.96 bits per heavy atom. The second kappa shape index (κ2) is 28.0. The normalized spacial score (nSPS) is 18.9.